The maximum atomic E-state index is 12.4. The van der Waals surface area contributed by atoms with Crippen LogP contribution in [0.2, 0.25) is 0 Å². The van der Waals surface area contributed by atoms with E-state index in [4.69, 9.17) is 5.73 Å². The van der Waals surface area contributed by atoms with E-state index < -0.39 is 11.2 Å². The number of ketones is 1. The molecule has 0 aliphatic carbocycles. The van der Waals surface area contributed by atoms with Gasteiger partial charge < -0.3 is 5.73 Å². The van der Waals surface area contributed by atoms with Crippen molar-refractivity contribution in [1.82, 2.24) is 4.98 Å². The second kappa shape index (κ2) is 6.47. The monoisotopic (exact) mass is 294 g/mol. The second-order valence-electron chi connectivity index (χ2n) is 4.89. The first-order valence-electron chi connectivity index (χ1n) is 6.00. The Balaban J connectivity index is 2.70. The molecule has 7 heteroatoms. The number of halogens is 3. The number of thiazole rings is 1. The van der Waals surface area contributed by atoms with E-state index >= 15 is 0 Å². The number of alkyl halides is 3. The summed E-state index contributed by atoms with van der Waals surface area (Å²) >= 11 is 0.393. The lowest BCUT2D eigenvalue weighted by molar-refractivity contribution is -0.137. The van der Waals surface area contributed by atoms with Crippen LogP contribution in [0, 0.1) is 11.8 Å². The van der Waals surface area contributed by atoms with Crippen molar-refractivity contribution in [3.63, 3.8) is 0 Å². The van der Waals surface area contributed by atoms with Gasteiger partial charge in [0.2, 0.25) is 0 Å². The molecule has 0 saturated carbocycles. The van der Waals surface area contributed by atoms with Crippen LogP contribution in [0.15, 0.2) is 6.20 Å². The van der Waals surface area contributed by atoms with E-state index in [9.17, 15) is 18.0 Å². The van der Waals surface area contributed by atoms with Crippen molar-refractivity contribution in [3.8, 4) is 0 Å². The molecule has 0 amide bonds. The van der Waals surface area contributed by atoms with Gasteiger partial charge >= 0.3 is 6.18 Å². The number of nitrogens with zero attached hydrogens (tertiary/aromatic N) is 1. The lowest BCUT2D eigenvalue weighted by Gasteiger charge is -2.15. The van der Waals surface area contributed by atoms with Crippen LogP contribution in [-0.4, -0.2) is 17.3 Å². The van der Waals surface area contributed by atoms with E-state index in [1.54, 1.807) is 0 Å². The number of rotatable bonds is 6. The highest BCUT2D eigenvalue weighted by atomic mass is 32.1. The molecule has 1 atom stereocenters. The molecule has 1 aromatic rings. The van der Waals surface area contributed by atoms with Gasteiger partial charge in [-0.1, -0.05) is 13.8 Å². The first-order chi connectivity index (χ1) is 8.74. The first-order valence-corrected chi connectivity index (χ1v) is 6.82. The third-order valence-corrected chi connectivity index (χ3v) is 3.72. The van der Waals surface area contributed by atoms with Gasteiger partial charge in [-0.2, -0.15) is 13.2 Å². The van der Waals surface area contributed by atoms with Crippen molar-refractivity contribution < 1.29 is 18.0 Å². The van der Waals surface area contributed by atoms with Crippen molar-refractivity contribution in [2.75, 3.05) is 6.54 Å². The van der Waals surface area contributed by atoms with Crippen molar-refractivity contribution in [3.05, 3.63) is 16.1 Å². The molecule has 19 heavy (non-hydrogen) atoms. The van der Waals surface area contributed by atoms with Crippen LogP contribution in [0.1, 0.15) is 41.4 Å². The number of hydrogen-bond donors (Lipinski definition) is 1. The topological polar surface area (TPSA) is 56.0 Å². The molecule has 2 N–H and O–H groups in total. The summed E-state index contributed by atoms with van der Waals surface area (Å²) in [5.41, 5.74) is 5.58. The predicted molar refractivity (Wildman–Crippen MR) is 68.1 cm³/mol. The molecule has 0 spiro atoms. The van der Waals surface area contributed by atoms with Crippen LogP contribution in [0.3, 0.4) is 0 Å². The molecule has 0 saturated heterocycles. The average Bonchev–Trinajstić information content (AvgIpc) is 2.76. The standard InChI is InChI=1S/C12H17F3N2OS/c1-7(2)3-8(5-16)4-9(18)10-6-17-11(19-10)12(13,14)15/h6-8H,3-5,16H2,1-2H3. The highest BCUT2D eigenvalue weighted by molar-refractivity contribution is 7.13. The van der Waals surface area contributed by atoms with Crippen LogP contribution in [0.4, 0.5) is 13.2 Å². The van der Waals surface area contributed by atoms with Gasteiger partial charge in [-0.05, 0) is 24.8 Å². The molecule has 1 heterocycles. The van der Waals surface area contributed by atoms with E-state index in [0.717, 1.165) is 12.6 Å². The number of hydrogen-bond acceptors (Lipinski definition) is 4. The highest BCUT2D eigenvalue weighted by Gasteiger charge is 2.35. The fraction of sp³-hybridized carbons (Fsp3) is 0.667. The zero-order chi connectivity index (χ0) is 14.6. The fourth-order valence-corrected chi connectivity index (χ4v) is 2.56. The maximum Gasteiger partial charge on any atom is 0.443 e. The van der Waals surface area contributed by atoms with Crippen molar-refractivity contribution in [2.45, 2.75) is 32.9 Å². The largest absolute Gasteiger partial charge is 0.443 e. The van der Waals surface area contributed by atoms with Crippen LogP contribution < -0.4 is 5.73 Å². The zero-order valence-corrected chi connectivity index (χ0v) is 11.6. The summed E-state index contributed by atoms with van der Waals surface area (Å²) in [7, 11) is 0. The Kier molecular flexibility index (Phi) is 5.49. The minimum absolute atomic E-state index is 0.00365. The molecule has 1 rings (SSSR count). The molecular formula is C12H17F3N2OS. The average molecular weight is 294 g/mol. The van der Waals surface area contributed by atoms with Crippen molar-refractivity contribution in [1.29, 1.82) is 0 Å². The number of aromatic nitrogens is 1. The minimum Gasteiger partial charge on any atom is -0.330 e. The summed E-state index contributed by atoms with van der Waals surface area (Å²) in [4.78, 5) is 15.2. The van der Waals surface area contributed by atoms with Gasteiger partial charge in [-0.25, -0.2) is 4.98 Å². The van der Waals surface area contributed by atoms with Crippen molar-refractivity contribution in [2.24, 2.45) is 17.6 Å². The fourth-order valence-electron chi connectivity index (χ4n) is 1.83. The lowest BCUT2D eigenvalue weighted by atomic mass is 9.92. The highest BCUT2D eigenvalue weighted by Crippen LogP contribution is 2.33. The number of carbonyl (C=O) groups is 1. The molecule has 1 unspecified atom stereocenters. The smallest absolute Gasteiger partial charge is 0.330 e. The summed E-state index contributed by atoms with van der Waals surface area (Å²) in [6.07, 6.45) is -2.53. The number of Topliss-reactive ketones (excluding diaryl/α,β-unsaturated/α-hetero) is 1. The molecule has 0 bridgehead atoms. The molecular weight excluding hydrogens is 277 g/mol. The summed E-state index contributed by atoms with van der Waals surface area (Å²) < 4.78 is 37.1. The van der Waals surface area contributed by atoms with E-state index in [1.165, 1.54) is 0 Å². The first kappa shape index (κ1) is 16.1. The van der Waals surface area contributed by atoms with Gasteiger partial charge in [-0.3, -0.25) is 4.79 Å². The molecule has 0 aromatic carbocycles. The Morgan fingerprint density at radius 1 is 1.47 bits per heavy atom. The summed E-state index contributed by atoms with van der Waals surface area (Å²) in [6.45, 7) is 4.39. The van der Waals surface area contributed by atoms with Gasteiger partial charge in [0.1, 0.15) is 0 Å². The molecule has 108 valence electrons. The second-order valence-corrected chi connectivity index (χ2v) is 5.92. The van der Waals surface area contributed by atoms with E-state index in [1.807, 2.05) is 13.8 Å². The van der Waals surface area contributed by atoms with E-state index in [-0.39, 0.29) is 23.0 Å². The van der Waals surface area contributed by atoms with Crippen LogP contribution in [0.25, 0.3) is 0 Å². The maximum absolute atomic E-state index is 12.4. The zero-order valence-electron chi connectivity index (χ0n) is 10.8. The quantitative estimate of drug-likeness (QED) is 0.818. The Bertz CT molecular complexity index is 429. The Morgan fingerprint density at radius 2 is 2.11 bits per heavy atom. The van der Waals surface area contributed by atoms with E-state index in [0.29, 0.717) is 23.8 Å². The summed E-state index contributed by atoms with van der Waals surface area (Å²) in [5.74, 6) is 0.0848. The molecule has 0 radical (unpaired) electrons. The molecule has 0 fully saturated rings. The third kappa shape index (κ3) is 4.91. The molecule has 3 nitrogen and oxygen atoms in total. The van der Waals surface area contributed by atoms with Gasteiger partial charge in [-0.15, -0.1) is 11.3 Å². The molecule has 1 aromatic heterocycles. The van der Waals surface area contributed by atoms with E-state index in [2.05, 4.69) is 4.98 Å². The Hall–Kier alpha value is -0.950. The number of nitrogens with two attached hydrogens (primary N) is 1. The SMILES string of the molecule is CC(C)CC(CN)CC(=O)c1cnc(C(F)(F)F)s1. The van der Waals surface area contributed by atoms with Gasteiger partial charge in [0.15, 0.2) is 10.8 Å². The van der Waals surface area contributed by atoms with Gasteiger partial charge in [0, 0.05) is 12.6 Å². The van der Waals surface area contributed by atoms with Crippen LogP contribution >= 0.6 is 11.3 Å². The van der Waals surface area contributed by atoms with Crippen molar-refractivity contribution >= 4 is 17.1 Å². The predicted octanol–water partition coefficient (Wildman–Crippen LogP) is 3.36. The van der Waals surface area contributed by atoms with Crippen LogP contribution in [-0.2, 0) is 6.18 Å². The Labute approximate surface area is 114 Å². The molecule has 0 aliphatic rings. The minimum atomic E-state index is -4.49. The van der Waals surface area contributed by atoms with Crippen LogP contribution in [0.5, 0.6) is 0 Å². The lowest BCUT2D eigenvalue weighted by Crippen LogP contribution is -2.19. The summed E-state index contributed by atoms with van der Waals surface area (Å²) in [5, 5.41) is -0.982. The molecule has 0 aliphatic heterocycles. The van der Waals surface area contributed by atoms with Gasteiger partial charge in [0.05, 0.1) is 4.88 Å². The normalized spacial score (nSPS) is 13.8. The Morgan fingerprint density at radius 3 is 2.53 bits per heavy atom. The summed E-state index contributed by atoms with van der Waals surface area (Å²) in [6, 6.07) is 0. The number of carbonyl (C=O) groups excluding carboxylic acids is 1. The van der Waals surface area contributed by atoms with Gasteiger partial charge in [0.25, 0.3) is 0 Å². The third-order valence-electron chi connectivity index (χ3n) is 2.64.